The number of hydrogen-bond acceptors (Lipinski definition) is 2. The molecular weight excluding hydrogens is 266 g/mol. The number of piperazine rings is 1. The third kappa shape index (κ3) is 2.73. The van der Waals surface area contributed by atoms with Gasteiger partial charge < -0.3 is 15.5 Å². The van der Waals surface area contributed by atoms with E-state index in [1.807, 2.05) is 0 Å². The van der Waals surface area contributed by atoms with Crippen LogP contribution >= 0.6 is 0 Å². The van der Waals surface area contributed by atoms with Crippen molar-refractivity contribution in [1.82, 2.24) is 15.5 Å². The number of amides is 3. The van der Waals surface area contributed by atoms with Gasteiger partial charge in [0.05, 0.1) is 6.04 Å². The summed E-state index contributed by atoms with van der Waals surface area (Å²) in [5.74, 6) is 0.288. The maximum atomic E-state index is 12.4. The molecular formula is C16H21N3O2. The van der Waals surface area contributed by atoms with Crippen molar-refractivity contribution in [2.75, 3.05) is 19.6 Å². The standard InChI is InChI=1S/C16H21N3O2/c1-10-3-4-12-8-11(2)15(13(12)7-10)18-16(21)19-6-5-17-14(20)9-19/h3-4,7,11,15H,5-6,8-9H2,1-2H3,(H,17,20)(H,18,21)/t11-,15+/m0/s1. The van der Waals surface area contributed by atoms with Crippen LogP contribution in [0.4, 0.5) is 4.79 Å². The second kappa shape index (κ2) is 5.39. The summed E-state index contributed by atoms with van der Waals surface area (Å²) in [6, 6.07) is 6.33. The van der Waals surface area contributed by atoms with Gasteiger partial charge in [-0.15, -0.1) is 0 Å². The van der Waals surface area contributed by atoms with Crippen LogP contribution in [-0.4, -0.2) is 36.5 Å². The molecule has 1 fully saturated rings. The van der Waals surface area contributed by atoms with Gasteiger partial charge in [0.25, 0.3) is 0 Å². The van der Waals surface area contributed by atoms with Gasteiger partial charge in [0.15, 0.2) is 0 Å². The van der Waals surface area contributed by atoms with E-state index in [0.29, 0.717) is 19.0 Å². The molecule has 112 valence electrons. The molecule has 2 atom stereocenters. The van der Waals surface area contributed by atoms with E-state index in [2.05, 4.69) is 42.7 Å². The zero-order valence-corrected chi connectivity index (χ0v) is 12.5. The summed E-state index contributed by atoms with van der Waals surface area (Å²) in [6.07, 6.45) is 0.987. The highest BCUT2D eigenvalue weighted by Crippen LogP contribution is 2.36. The second-order valence-electron chi connectivity index (χ2n) is 6.08. The molecule has 2 N–H and O–H groups in total. The largest absolute Gasteiger partial charge is 0.353 e. The van der Waals surface area contributed by atoms with Crippen molar-refractivity contribution in [2.24, 2.45) is 5.92 Å². The Morgan fingerprint density at radius 1 is 1.43 bits per heavy atom. The highest BCUT2D eigenvalue weighted by atomic mass is 16.2. The van der Waals surface area contributed by atoms with E-state index in [1.54, 1.807) is 4.90 Å². The second-order valence-corrected chi connectivity index (χ2v) is 6.08. The van der Waals surface area contributed by atoms with E-state index in [0.717, 1.165) is 6.42 Å². The quantitative estimate of drug-likeness (QED) is 0.819. The fourth-order valence-electron chi connectivity index (χ4n) is 3.22. The van der Waals surface area contributed by atoms with Crippen molar-refractivity contribution < 1.29 is 9.59 Å². The predicted octanol–water partition coefficient (Wildman–Crippen LogP) is 1.37. The summed E-state index contributed by atoms with van der Waals surface area (Å²) in [6.45, 7) is 5.47. The molecule has 2 aliphatic rings. The fourth-order valence-corrected chi connectivity index (χ4v) is 3.22. The van der Waals surface area contributed by atoms with Crippen molar-refractivity contribution in [2.45, 2.75) is 26.3 Å². The van der Waals surface area contributed by atoms with Gasteiger partial charge in [0, 0.05) is 13.1 Å². The van der Waals surface area contributed by atoms with Crippen LogP contribution in [0.15, 0.2) is 18.2 Å². The Kier molecular flexibility index (Phi) is 3.57. The highest BCUT2D eigenvalue weighted by Gasteiger charge is 2.32. The summed E-state index contributed by atoms with van der Waals surface area (Å²) in [4.78, 5) is 25.3. The van der Waals surface area contributed by atoms with Crippen molar-refractivity contribution in [1.29, 1.82) is 0 Å². The van der Waals surface area contributed by atoms with E-state index in [9.17, 15) is 9.59 Å². The lowest BCUT2D eigenvalue weighted by atomic mass is 10.0. The highest BCUT2D eigenvalue weighted by molar-refractivity contribution is 5.85. The fraction of sp³-hybridized carbons (Fsp3) is 0.500. The lowest BCUT2D eigenvalue weighted by molar-refractivity contribution is -0.123. The molecule has 5 nitrogen and oxygen atoms in total. The minimum Gasteiger partial charge on any atom is -0.353 e. The van der Waals surface area contributed by atoms with Crippen LogP contribution in [0, 0.1) is 12.8 Å². The first kappa shape index (κ1) is 13.9. The Balaban J connectivity index is 1.74. The van der Waals surface area contributed by atoms with Gasteiger partial charge in [-0.1, -0.05) is 30.7 Å². The molecule has 0 radical (unpaired) electrons. The molecule has 1 saturated heterocycles. The molecule has 1 aromatic rings. The third-order valence-electron chi connectivity index (χ3n) is 4.35. The average molecular weight is 287 g/mol. The number of carbonyl (C=O) groups excluding carboxylic acids is 2. The first-order valence-corrected chi connectivity index (χ1v) is 7.46. The lowest BCUT2D eigenvalue weighted by Gasteiger charge is -2.29. The van der Waals surface area contributed by atoms with E-state index in [4.69, 9.17) is 0 Å². The first-order valence-electron chi connectivity index (χ1n) is 7.46. The van der Waals surface area contributed by atoms with Gasteiger partial charge in [-0.05, 0) is 30.4 Å². The molecule has 0 aromatic heterocycles. The lowest BCUT2D eigenvalue weighted by Crippen LogP contribution is -2.53. The summed E-state index contributed by atoms with van der Waals surface area (Å²) in [7, 11) is 0. The molecule has 1 heterocycles. The SMILES string of the molecule is Cc1ccc2c(c1)[C@H](NC(=O)N1CCNC(=O)C1)[C@@H](C)C2. The van der Waals surface area contributed by atoms with Crippen LogP contribution in [0.1, 0.15) is 29.7 Å². The molecule has 3 rings (SSSR count). The Morgan fingerprint density at radius 3 is 3.00 bits per heavy atom. The summed E-state index contributed by atoms with van der Waals surface area (Å²) >= 11 is 0. The number of nitrogens with zero attached hydrogens (tertiary/aromatic N) is 1. The van der Waals surface area contributed by atoms with E-state index in [-0.39, 0.29) is 24.5 Å². The molecule has 1 aliphatic heterocycles. The summed E-state index contributed by atoms with van der Waals surface area (Å²) in [5.41, 5.74) is 3.74. The molecule has 0 saturated carbocycles. The topological polar surface area (TPSA) is 61.4 Å². The Morgan fingerprint density at radius 2 is 2.24 bits per heavy atom. The molecule has 5 heteroatoms. The Bertz CT molecular complexity index is 585. The number of rotatable bonds is 1. The van der Waals surface area contributed by atoms with Crippen molar-refractivity contribution in [3.05, 3.63) is 34.9 Å². The molecule has 1 aliphatic carbocycles. The van der Waals surface area contributed by atoms with E-state index < -0.39 is 0 Å². The normalized spacial score (nSPS) is 24.5. The number of aryl methyl sites for hydroxylation is 1. The average Bonchev–Trinajstić information content (AvgIpc) is 2.75. The Hall–Kier alpha value is -2.04. The monoisotopic (exact) mass is 287 g/mol. The molecule has 0 bridgehead atoms. The molecule has 1 aromatic carbocycles. The summed E-state index contributed by atoms with van der Waals surface area (Å²) < 4.78 is 0. The van der Waals surface area contributed by atoms with Gasteiger partial charge in [-0.2, -0.15) is 0 Å². The van der Waals surface area contributed by atoms with E-state index >= 15 is 0 Å². The molecule has 3 amide bonds. The Labute approximate surface area is 124 Å². The van der Waals surface area contributed by atoms with Gasteiger partial charge in [-0.25, -0.2) is 4.79 Å². The van der Waals surface area contributed by atoms with Crippen LogP contribution in [0.25, 0.3) is 0 Å². The van der Waals surface area contributed by atoms with Gasteiger partial charge in [0.2, 0.25) is 5.91 Å². The number of benzene rings is 1. The molecule has 21 heavy (non-hydrogen) atoms. The van der Waals surface area contributed by atoms with Crippen LogP contribution in [-0.2, 0) is 11.2 Å². The number of nitrogens with one attached hydrogen (secondary N) is 2. The molecule has 0 spiro atoms. The van der Waals surface area contributed by atoms with Crippen LogP contribution in [0.5, 0.6) is 0 Å². The van der Waals surface area contributed by atoms with Crippen LogP contribution in [0.3, 0.4) is 0 Å². The zero-order chi connectivity index (χ0) is 15.0. The maximum absolute atomic E-state index is 12.4. The molecule has 0 unspecified atom stereocenters. The van der Waals surface area contributed by atoms with Crippen LogP contribution in [0.2, 0.25) is 0 Å². The first-order chi connectivity index (χ1) is 10.0. The number of hydrogen-bond donors (Lipinski definition) is 2. The predicted molar refractivity (Wildman–Crippen MR) is 79.9 cm³/mol. The number of carbonyl (C=O) groups is 2. The van der Waals surface area contributed by atoms with Crippen molar-refractivity contribution >= 4 is 11.9 Å². The van der Waals surface area contributed by atoms with E-state index in [1.165, 1.54) is 16.7 Å². The van der Waals surface area contributed by atoms with Gasteiger partial charge in [-0.3, -0.25) is 4.79 Å². The van der Waals surface area contributed by atoms with Crippen LogP contribution < -0.4 is 10.6 Å². The van der Waals surface area contributed by atoms with Gasteiger partial charge >= 0.3 is 6.03 Å². The van der Waals surface area contributed by atoms with Crippen molar-refractivity contribution in [3.63, 3.8) is 0 Å². The number of fused-ring (bicyclic) bond motifs is 1. The minimum absolute atomic E-state index is 0.0392. The maximum Gasteiger partial charge on any atom is 0.318 e. The van der Waals surface area contributed by atoms with Crippen molar-refractivity contribution in [3.8, 4) is 0 Å². The third-order valence-corrected chi connectivity index (χ3v) is 4.35. The summed E-state index contributed by atoms with van der Waals surface area (Å²) in [5, 5.41) is 5.84. The number of urea groups is 1. The zero-order valence-electron chi connectivity index (χ0n) is 12.5. The smallest absolute Gasteiger partial charge is 0.318 e. The minimum atomic E-state index is -0.143. The van der Waals surface area contributed by atoms with Gasteiger partial charge in [0.1, 0.15) is 6.54 Å².